The number of rotatable bonds is 3. The fourth-order valence-corrected chi connectivity index (χ4v) is 1.85. The van der Waals surface area contributed by atoms with Gasteiger partial charge in [-0.1, -0.05) is 6.42 Å². The molecular formula is C11H20N2O3. The molecule has 0 aliphatic carbocycles. The van der Waals surface area contributed by atoms with Crippen LogP contribution in [0.15, 0.2) is 0 Å². The third kappa shape index (κ3) is 2.95. The number of aliphatic carboxylic acids is 1. The highest BCUT2D eigenvalue weighted by Gasteiger charge is 2.33. The van der Waals surface area contributed by atoms with Gasteiger partial charge >= 0.3 is 5.97 Å². The predicted octanol–water partition coefficient (Wildman–Crippen LogP) is 0.450. The van der Waals surface area contributed by atoms with Gasteiger partial charge in [-0.2, -0.15) is 0 Å². The molecule has 5 nitrogen and oxygen atoms in total. The van der Waals surface area contributed by atoms with E-state index in [4.69, 9.17) is 5.11 Å². The van der Waals surface area contributed by atoms with Gasteiger partial charge in [-0.25, -0.2) is 4.79 Å². The first-order valence-corrected chi connectivity index (χ1v) is 5.60. The van der Waals surface area contributed by atoms with Gasteiger partial charge in [0, 0.05) is 0 Å². The molecule has 1 aliphatic rings. The monoisotopic (exact) mass is 228 g/mol. The van der Waals surface area contributed by atoms with E-state index in [1.807, 2.05) is 11.9 Å². The number of amides is 1. The Labute approximate surface area is 95.8 Å². The molecule has 1 heterocycles. The smallest absolute Gasteiger partial charge is 0.328 e. The third-order valence-corrected chi connectivity index (χ3v) is 3.04. The summed E-state index contributed by atoms with van der Waals surface area (Å²) in [5, 5.41) is 11.5. The van der Waals surface area contributed by atoms with Crippen LogP contribution in [0.2, 0.25) is 0 Å². The Balaban J connectivity index is 2.61. The van der Waals surface area contributed by atoms with Gasteiger partial charge in [0.05, 0.1) is 6.04 Å². The number of nitrogens with zero attached hydrogens (tertiary/aromatic N) is 1. The molecule has 2 N–H and O–H groups in total. The van der Waals surface area contributed by atoms with Gasteiger partial charge in [-0.05, 0) is 40.3 Å². The molecule has 1 fully saturated rings. The summed E-state index contributed by atoms with van der Waals surface area (Å²) in [6.45, 7) is 3.89. The fraction of sp³-hybridized carbons (Fsp3) is 0.818. The Morgan fingerprint density at radius 3 is 2.50 bits per heavy atom. The van der Waals surface area contributed by atoms with E-state index in [1.54, 1.807) is 0 Å². The van der Waals surface area contributed by atoms with E-state index in [-0.39, 0.29) is 11.9 Å². The summed E-state index contributed by atoms with van der Waals surface area (Å²) in [5.74, 6) is -1.20. The van der Waals surface area contributed by atoms with Crippen molar-refractivity contribution in [3.8, 4) is 0 Å². The SMILES string of the molecule is CN1CCCCC1C(=O)NC(C)(C)C(=O)O. The van der Waals surface area contributed by atoms with E-state index in [1.165, 1.54) is 13.8 Å². The second-order valence-corrected chi connectivity index (χ2v) is 4.91. The van der Waals surface area contributed by atoms with E-state index >= 15 is 0 Å². The largest absolute Gasteiger partial charge is 0.480 e. The van der Waals surface area contributed by atoms with Crippen molar-refractivity contribution in [3.63, 3.8) is 0 Å². The van der Waals surface area contributed by atoms with Crippen LogP contribution in [-0.2, 0) is 9.59 Å². The molecule has 0 aromatic rings. The zero-order valence-electron chi connectivity index (χ0n) is 10.1. The second kappa shape index (κ2) is 4.82. The Hall–Kier alpha value is -1.10. The van der Waals surface area contributed by atoms with Crippen LogP contribution in [0.4, 0.5) is 0 Å². The molecule has 0 radical (unpaired) electrons. The first-order chi connectivity index (χ1) is 7.34. The standard InChI is InChI=1S/C11H20N2O3/c1-11(2,10(15)16)12-9(14)8-6-4-5-7-13(8)3/h8H,4-7H2,1-3H3,(H,12,14)(H,15,16). The zero-order chi connectivity index (χ0) is 12.3. The van der Waals surface area contributed by atoms with Gasteiger partial charge in [0.2, 0.25) is 5.91 Å². The molecule has 1 unspecified atom stereocenters. The van der Waals surface area contributed by atoms with E-state index in [0.717, 1.165) is 25.8 Å². The number of likely N-dealkylation sites (tertiary alicyclic amines) is 1. The van der Waals surface area contributed by atoms with Crippen molar-refractivity contribution >= 4 is 11.9 Å². The Morgan fingerprint density at radius 1 is 1.38 bits per heavy atom. The molecule has 1 saturated heterocycles. The lowest BCUT2D eigenvalue weighted by molar-refractivity contribution is -0.147. The maximum atomic E-state index is 11.9. The van der Waals surface area contributed by atoms with E-state index in [9.17, 15) is 9.59 Å². The highest BCUT2D eigenvalue weighted by molar-refractivity contribution is 5.89. The molecule has 5 heteroatoms. The van der Waals surface area contributed by atoms with Crippen LogP contribution in [0, 0.1) is 0 Å². The van der Waals surface area contributed by atoms with Crippen LogP contribution >= 0.6 is 0 Å². The third-order valence-electron chi connectivity index (χ3n) is 3.04. The molecule has 0 spiro atoms. The molecule has 0 aromatic heterocycles. The van der Waals surface area contributed by atoms with Crippen LogP contribution < -0.4 is 5.32 Å². The maximum absolute atomic E-state index is 11.9. The van der Waals surface area contributed by atoms with Crippen LogP contribution in [0.1, 0.15) is 33.1 Å². The van der Waals surface area contributed by atoms with Gasteiger partial charge in [0.1, 0.15) is 5.54 Å². The van der Waals surface area contributed by atoms with Crippen molar-refractivity contribution in [1.82, 2.24) is 10.2 Å². The minimum atomic E-state index is -1.20. The Kier molecular flexibility index (Phi) is 3.91. The summed E-state index contributed by atoms with van der Waals surface area (Å²) in [6, 6.07) is -0.188. The number of carbonyl (C=O) groups excluding carboxylic acids is 1. The molecule has 0 bridgehead atoms. The molecule has 0 aromatic carbocycles. The Bertz CT molecular complexity index is 289. The van der Waals surface area contributed by atoms with Crippen molar-refractivity contribution in [2.45, 2.75) is 44.7 Å². The van der Waals surface area contributed by atoms with Gasteiger partial charge in [-0.3, -0.25) is 9.69 Å². The molecule has 16 heavy (non-hydrogen) atoms. The van der Waals surface area contributed by atoms with E-state index in [0.29, 0.717) is 0 Å². The summed E-state index contributed by atoms with van der Waals surface area (Å²) in [4.78, 5) is 24.8. The summed E-state index contributed by atoms with van der Waals surface area (Å²) in [5.41, 5.74) is -1.20. The van der Waals surface area contributed by atoms with E-state index in [2.05, 4.69) is 5.32 Å². The minimum absolute atomic E-state index is 0.186. The van der Waals surface area contributed by atoms with Crippen molar-refractivity contribution in [2.75, 3.05) is 13.6 Å². The number of hydrogen-bond donors (Lipinski definition) is 2. The van der Waals surface area contributed by atoms with Gasteiger partial charge in [0.15, 0.2) is 0 Å². The number of likely N-dealkylation sites (N-methyl/N-ethyl adjacent to an activating group) is 1. The van der Waals surface area contributed by atoms with Crippen LogP contribution in [0.3, 0.4) is 0 Å². The molecule has 0 saturated carbocycles. The first-order valence-electron chi connectivity index (χ1n) is 5.60. The number of carboxylic acid groups (broad SMARTS) is 1. The molecule has 1 atom stereocenters. The average Bonchev–Trinajstić information content (AvgIpc) is 2.17. The average molecular weight is 228 g/mol. The maximum Gasteiger partial charge on any atom is 0.328 e. The van der Waals surface area contributed by atoms with Crippen molar-refractivity contribution in [2.24, 2.45) is 0 Å². The highest BCUT2D eigenvalue weighted by atomic mass is 16.4. The lowest BCUT2D eigenvalue weighted by atomic mass is 10.00. The first kappa shape index (κ1) is 13.0. The lowest BCUT2D eigenvalue weighted by Crippen LogP contribution is -2.56. The normalized spacial score (nSPS) is 22.8. The molecule has 1 amide bonds. The van der Waals surface area contributed by atoms with Crippen LogP contribution in [-0.4, -0.2) is 47.1 Å². The van der Waals surface area contributed by atoms with Crippen LogP contribution in [0.25, 0.3) is 0 Å². The number of nitrogens with one attached hydrogen (secondary N) is 1. The predicted molar refractivity (Wildman–Crippen MR) is 60.1 cm³/mol. The topological polar surface area (TPSA) is 69.6 Å². The quantitative estimate of drug-likeness (QED) is 0.736. The number of piperidine rings is 1. The minimum Gasteiger partial charge on any atom is -0.480 e. The summed E-state index contributed by atoms with van der Waals surface area (Å²) >= 11 is 0. The fourth-order valence-electron chi connectivity index (χ4n) is 1.85. The second-order valence-electron chi connectivity index (χ2n) is 4.91. The van der Waals surface area contributed by atoms with E-state index < -0.39 is 11.5 Å². The molecule has 1 rings (SSSR count). The van der Waals surface area contributed by atoms with Gasteiger partial charge < -0.3 is 10.4 Å². The Morgan fingerprint density at radius 2 is 2.00 bits per heavy atom. The van der Waals surface area contributed by atoms with Crippen molar-refractivity contribution < 1.29 is 14.7 Å². The summed E-state index contributed by atoms with van der Waals surface area (Å²) in [7, 11) is 1.90. The molecule has 92 valence electrons. The van der Waals surface area contributed by atoms with Crippen molar-refractivity contribution in [1.29, 1.82) is 0 Å². The number of hydrogen-bond acceptors (Lipinski definition) is 3. The number of carboxylic acids is 1. The zero-order valence-corrected chi connectivity index (χ0v) is 10.1. The molecule has 1 aliphatic heterocycles. The van der Waals surface area contributed by atoms with Crippen molar-refractivity contribution in [3.05, 3.63) is 0 Å². The molecular weight excluding hydrogens is 208 g/mol. The van der Waals surface area contributed by atoms with Gasteiger partial charge in [0.25, 0.3) is 0 Å². The van der Waals surface area contributed by atoms with Gasteiger partial charge in [-0.15, -0.1) is 0 Å². The summed E-state index contributed by atoms with van der Waals surface area (Å²) in [6.07, 6.45) is 2.93. The number of carbonyl (C=O) groups is 2. The highest BCUT2D eigenvalue weighted by Crippen LogP contribution is 2.16. The van der Waals surface area contributed by atoms with Crippen LogP contribution in [0.5, 0.6) is 0 Å². The lowest BCUT2D eigenvalue weighted by Gasteiger charge is -2.33. The summed E-state index contributed by atoms with van der Waals surface area (Å²) < 4.78 is 0.